The van der Waals surface area contributed by atoms with Crippen molar-refractivity contribution < 1.29 is 9.90 Å². The van der Waals surface area contributed by atoms with E-state index in [4.69, 9.17) is 5.11 Å². The largest absolute Gasteiger partial charge is 0.394 e. The molecule has 0 saturated carbocycles. The van der Waals surface area contributed by atoms with Crippen LogP contribution in [0.5, 0.6) is 0 Å². The summed E-state index contributed by atoms with van der Waals surface area (Å²) in [4.78, 5) is 15.7. The van der Waals surface area contributed by atoms with Crippen LogP contribution in [-0.2, 0) is 0 Å². The summed E-state index contributed by atoms with van der Waals surface area (Å²) < 4.78 is 0. The molecular formula is C15H25N3O2. The highest BCUT2D eigenvalue weighted by molar-refractivity contribution is 5.91. The molecule has 1 aromatic carbocycles. The predicted octanol–water partition coefficient (Wildman–Crippen LogP) is 2.21. The van der Waals surface area contributed by atoms with Crippen LogP contribution in [0.4, 0.5) is 16.2 Å². The molecule has 0 saturated heterocycles. The van der Waals surface area contributed by atoms with Crippen molar-refractivity contribution >= 4 is 17.4 Å². The number of aryl methyl sites for hydroxylation is 2. The molecule has 0 spiro atoms. The molecule has 0 radical (unpaired) electrons. The van der Waals surface area contributed by atoms with Gasteiger partial charge in [-0.05, 0) is 44.0 Å². The van der Waals surface area contributed by atoms with Gasteiger partial charge in [-0.15, -0.1) is 0 Å². The van der Waals surface area contributed by atoms with Crippen LogP contribution in [0.15, 0.2) is 12.1 Å². The van der Waals surface area contributed by atoms with Crippen molar-refractivity contribution in [2.24, 2.45) is 0 Å². The van der Waals surface area contributed by atoms with Crippen LogP contribution in [0.3, 0.4) is 0 Å². The molecule has 0 aliphatic rings. The molecule has 0 bridgehead atoms. The molecule has 0 aliphatic heterocycles. The summed E-state index contributed by atoms with van der Waals surface area (Å²) in [5.41, 5.74) is 3.98. The Labute approximate surface area is 121 Å². The van der Waals surface area contributed by atoms with Gasteiger partial charge < -0.3 is 20.2 Å². The van der Waals surface area contributed by atoms with Crippen LogP contribution in [-0.4, -0.2) is 49.8 Å². The normalized spacial score (nSPS) is 11.9. The lowest BCUT2D eigenvalue weighted by Crippen LogP contribution is -2.40. The third-order valence-corrected chi connectivity index (χ3v) is 3.51. The average molecular weight is 279 g/mol. The van der Waals surface area contributed by atoms with Gasteiger partial charge in [0.2, 0.25) is 0 Å². The number of likely N-dealkylation sites (N-methyl/N-ethyl adjacent to an activating group) is 1. The predicted molar refractivity (Wildman–Crippen MR) is 83.6 cm³/mol. The first kappa shape index (κ1) is 16.3. The fourth-order valence-electron chi connectivity index (χ4n) is 1.91. The van der Waals surface area contributed by atoms with Gasteiger partial charge in [-0.3, -0.25) is 0 Å². The van der Waals surface area contributed by atoms with Crippen molar-refractivity contribution in [3.63, 3.8) is 0 Å². The highest BCUT2D eigenvalue weighted by atomic mass is 16.3. The first-order valence-corrected chi connectivity index (χ1v) is 6.71. The van der Waals surface area contributed by atoms with Gasteiger partial charge in [0.1, 0.15) is 0 Å². The Morgan fingerprint density at radius 3 is 2.15 bits per heavy atom. The van der Waals surface area contributed by atoms with Gasteiger partial charge in [0.05, 0.1) is 12.6 Å². The lowest BCUT2D eigenvalue weighted by atomic mass is 10.1. The molecule has 0 aromatic heterocycles. The molecule has 2 amide bonds. The highest BCUT2D eigenvalue weighted by Crippen LogP contribution is 2.26. The number of nitrogens with zero attached hydrogens (tertiary/aromatic N) is 2. The number of benzene rings is 1. The van der Waals surface area contributed by atoms with Gasteiger partial charge in [0.25, 0.3) is 0 Å². The molecular weight excluding hydrogens is 254 g/mol. The Balaban J connectivity index is 2.96. The molecule has 5 nitrogen and oxygen atoms in total. The summed E-state index contributed by atoms with van der Waals surface area (Å²) in [7, 11) is 5.65. The van der Waals surface area contributed by atoms with E-state index in [2.05, 4.69) is 5.32 Å². The molecule has 1 unspecified atom stereocenters. The van der Waals surface area contributed by atoms with Crippen molar-refractivity contribution in [3.05, 3.63) is 23.3 Å². The van der Waals surface area contributed by atoms with E-state index in [-0.39, 0.29) is 18.7 Å². The fourth-order valence-corrected chi connectivity index (χ4v) is 1.91. The maximum Gasteiger partial charge on any atom is 0.321 e. The van der Waals surface area contributed by atoms with Crippen LogP contribution in [0, 0.1) is 13.8 Å². The van der Waals surface area contributed by atoms with Crippen molar-refractivity contribution in [1.29, 1.82) is 0 Å². The third-order valence-electron chi connectivity index (χ3n) is 3.51. The smallest absolute Gasteiger partial charge is 0.321 e. The number of urea groups is 1. The molecule has 0 heterocycles. The average Bonchev–Trinajstić information content (AvgIpc) is 2.40. The number of carbonyl (C=O) groups is 1. The number of aliphatic hydroxyl groups is 1. The highest BCUT2D eigenvalue weighted by Gasteiger charge is 2.17. The molecule has 1 rings (SSSR count). The van der Waals surface area contributed by atoms with E-state index in [1.165, 1.54) is 4.90 Å². The zero-order chi connectivity index (χ0) is 15.4. The first-order chi connectivity index (χ1) is 9.27. The van der Waals surface area contributed by atoms with Crippen LogP contribution < -0.4 is 10.2 Å². The Kier molecular flexibility index (Phi) is 5.39. The van der Waals surface area contributed by atoms with E-state index in [1.54, 1.807) is 14.0 Å². The zero-order valence-corrected chi connectivity index (χ0v) is 13.2. The van der Waals surface area contributed by atoms with Crippen molar-refractivity contribution in [1.82, 2.24) is 4.90 Å². The van der Waals surface area contributed by atoms with Crippen molar-refractivity contribution in [3.8, 4) is 0 Å². The van der Waals surface area contributed by atoms with Crippen LogP contribution in [0.1, 0.15) is 18.1 Å². The SMILES string of the molecule is Cc1cc(N(C)C)cc(C)c1NC(=O)N(C)C(C)CO. The Morgan fingerprint density at radius 2 is 1.75 bits per heavy atom. The molecule has 0 aliphatic carbocycles. The van der Waals surface area contributed by atoms with Gasteiger partial charge in [-0.1, -0.05) is 0 Å². The molecule has 1 aromatic rings. The van der Waals surface area contributed by atoms with Crippen molar-refractivity contribution in [2.75, 3.05) is 38.0 Å². The van der Waals surface area contributed by atoms with E-state index in [0.717, 1.165) is 22.5 Å². The minimum absolute atomic E-state index is 0.0541. The van der Waals surface area contributed by atoms with Crippen LogP contribution >= 0.6 is 0 Å². The first-order valence-electron chi connectivity index (χ1n) is 6.71. The number of rotatable bonds is 4. The molecule has 1 atom stereocenters. The Bertz CT molecular complexity index is 463. The second kappa shape index (κ2) is 6.61. The molecule has 2 N–H and O–H groups in total. The molecule has 0 fully saturated rings. The Morgan fingerprint density at radius 1 is 1.25 bits per heavy atom. The van der Waals surface area contributed by atoms with Gasteiger partial charge in [-0.25, -0.2) is 4.79 Å². The Hall–Kier alpha value is -1.75. The third kappa shape index (κ3) is 3.63. The fraction of sp³-hybridized carbons (Fsp3) is 0.533. The van der Waals surface area contributed by atoms with Gasteiger partial charge in [0.15, 0.2) is 0 Å². The lowest BCUT2D eigenvalue weighted by molar-refractivity contribution is 0.166. The van der Waals surface area contributed by atoms with Gasteiger partial charge in [0, 0.05) is 32.5 Å². The monoisotopic (exact) mass is 279 g/mol. The van der Waals surface area contributed by atoms with Gasteiger partial charge >= 0.3 is 6.03 Å². The number of amides is 2. The number of hydrogen-bond donors (Lipinski definition) is 2. The van der Waals surface area contributed by atoms with Crippen molar-refractivity contribution in [2.45, 2.75) is 26.8 Å². The standard InChI is InChI=1S/C15H25N3O2/c1-10-7-13(17(4)5)8-11(2)14(10)16-15(20)18(6)12(3)9-19/h7-8,12,19H,9H2,1-6H3,(H,16,20). The summed E-state index contributed by atoms with van der Waals surface area (Å²) >= 11 is 0. The molecule has 20 heavy (non-hydrogen) atoms. The number of carbonyl (C=O) groups excluding carboxylic acids is 1. The van der Waals surface area contributed by atoms with E-state index in [9.17, 15) is 4.79 Å². The van der Waals surface area contributed by atoms with E-state index < -0.39 is 0 Å². The van der Waals surface area contributed by atoms with E-state index >= 15 is 0 Å². The maximum absolute atomic E-state index is 12.1. The molecule has 112 valence electrons. The van der Waals surface area contributed by atoms with Crippen LogP contribution in [0.25, 0.3) is 0 Å². The summed E-state index contributed by atoms with van der Waals surface area (Å²) in [5, 5.41) is 12.0. The topological polar surface area (TPSA) is 55.8 Å². The van der Waals surface area contributed by atoms with E-state index in [0.29, 0.717) is 0 Å². The summed E-state index contributed by atoms with van der Waals surface area (Å²) in [5.74, 6) is 0. The quantitative estimate of drug-likeness (QED) is 0.888. The second-order valence-electron chi connectivity index (χ2n) is 5.42. The van der Waals surface area contributed by atoms with Crippen LogP contribution in [0.2, 0.25) is 0 Å². The summed E-state index contributed by atoms with van der Waals surface area (Å²) in [6.07, 6.45) is 0. The number of anilines is 2. The maximum atomic E-state index is 12.1. The summed E-state index contributed by atoms with van der Waals surface area (Å²) in [6, 6.07) is 3.66. The van der Waals surface area contributed by atoms with Gasteiger partial charge in [-0.2, -0.15) is 0 Å². The molecule has 5 heteroatoms. The number of nitrogens with one attached hydrogen (secondary N) is 1. The minimum atomic E-state index is -0.213. The zero-order valence-electron chi connectivity index (χ0n) is 13.2. The summed E-state index contributed by atoms with van der Waals surface area (Å²) in [6.45, 7) is 5.70. The lowest BCUT2D eigenvalue weighted by Gasteiger charge is -2.25. The minimum Gasteiger partial charge on any atom is -0.394 e. The number of hydrogen-bond acceptors (Lipinski definition) is 3. The second-order valence-corrected chi connectivity index (χ2v) is 5.42. The number of aliphatic hydroxyl groups excluding tert-OH is 1. The van der Waals surface area contributed by atoms with E-state index in [1.807, 2.05) is 45.0 Å².